The second kappa shape index (κ2) is 9.22. The molecular weight excluding hydrogens is 430 g/mol. The number of carbonyl (C=O) groups excluding carboxylic acids is 1. The van der Waals surface area contributed by atoms with Crippen LogP contribution in [0.4, 0.5) is 4.79 Å². The van der Waals surface area contributed by atoms with Gasteiger partial charge in [-0.05, 0) is 34.0 Å². The number of amides is 1. The van der Waals surface area contributed by atoms with Gasteiger partial charge in [0, 0.05) is 15.9 Å². The summed E-state index contributed by atoms with van der Waals surface area (Å²) < 4.78 is 6.36. The number of carboxylic acid groups (broad SMARTS) is 1. The highest BCUT2D eigenvalue weighted by molar-refractivity contribution is 9.10. The van der Waals surface area contributed by atoms with E-state index in [4.69, 9.17) is 16.3 Å². The van der Waals surface area contributed by atoms with Crippen LogP contribution in [0.5, 0.6) is 0 Å². The minimum absolute atomic E-state index is 0.0844. The summed E-state index contributed by atoms with van der Waals surface area (Å²) >= 11 is 10.4. The summed E-state index contributed by atoms with van der Waals surface area (Å²) in [6.45, 7) is 2.21. The third-order valence-corrected chi connectivity index (χ3v) is 5.91. The Bertz CT molecular complexity index is 718. The third kappa shape index (κ3) is 5.20. The lowest BCUT2D eigenvalue weighted by Gasteiger charge is -2.27. The van der Waals surface area contributed by atoms with Crippen LogP contribution in [0.2, 0.25) is 4.34 Å². The highest BCUT2D eigenvalue weighted by atomic mass is 79.9. The number of hydrogen-bond acceptors (Lipinski definition) is 4. The van der Waals surface area contributed by atoms with Gasteiger partial charge in [-0.1, -0.05) is 48.9 Å². The van der Waals surface area contributed by atoms with Gasteiger partial charge in [-0.2, -0.15) is 0 Å². The second-order valence-electron chi connectivity index (χ2n) is 5.24. The van der Waals surface area contributed by atoms with Gasteiger partial charge in [-0.25, -0.2) is 9.59 Å². The number of ether oxygens (including phenoxy) is 1. The molecule has 1 unspecified atom stereocenters. The van der Waals surface area contributed by atoms with E-state index in [0.717, 1.165) is 16.9 Å². The summed E-state index contributed by atoms with van der Waals surface area (Å²) in [6.07, 6.45) is -0.0661. The third-order valence-electron chi connectivity index (χ3n) is 3.38. The van der Waals surface area contributed by atoms with E-state index in [1.807, 2.05) is 37.3 Å². The molecule has 0 aliphatic rings. The molecule has 0 spiro atoms. The average molecular weight is 447 g/mol. The van der Waals surface area contributed by atoms with Crippen LogP contribution < -0.4 is 0 Å². The molecule has 0 aliphatic carbocycles. The number of carbonyl (C=O) groups is 2. The Morgan fingerprint density at radius 3 is 2.56 bits per heavy atom. The molecular formula is C17H17BrClNO4S. The summed E-state index contributed by atoms with van der Waals surface area (Å²) in [5.41, 5.74) is 0.834. The number of hydrogen-bond donors (Lipinski definition) is 1. The molecule has 1 heterocycles. The molecule has 0 bridgehead atoms. The molecule has 1 amide bonds. The van der Waals surface area contributed by atoms with Crippen LogP contribution in [0.1, 0.15) is 29.8 Å². The van der Waals surface area contributed by atoms with Crippen molar-refractivity contribution >= 4 is 50.9 Å². The lowest BCUT2D eigenvalue weighted by atomic mass is 10.2. The molecule has 0 aliphatic heterocycles. The van der Waals surface area contributed by atoms with Crippen LogP contribution >= 0.6 is 38.9 Å². The maximum absolute atomic E-state index is 12.5. The second-order valence-corrected chi connectivity index (χ2v) is 7.78. The summed E-state index contributed by atoms with van der Waals surface area (Å²) in [4.78, 5) is 26.0. The molecule has 25 heavy (non-hydrogen) atoms. The summed E-state index contributed by atoms with van der Waals surface area (Å²) in [6, 6.07) is 9.71. The van der Waals surface area contributed by atoms with Gasteiger partial charge in [-0.15, -0.1) is 11.3 Å². The molecule has 1 N–H and O–H groups in total. The summed E-state index contributed by atoms with van der Waals surface area (Å²) in [7, 11) is 0. The van der Waals surface area contributed by atoms with Crippen LogP contribution in [0.15, 0.2) is 40.9 Å². The molecule has 0 saturated heterocycles. The molecule has 1 atom stereocenters. The lowest BCUT2D eigenvalue weighted by molar-refractivity contribution is -0.143. The summed E-state index contributed by atoms with van der Waals surface area (Å²) in [5, 5.41) is 9.66. The van der Waals surface area contributed by atoms with Crippen molar-refractivity contribution in [2.45, 2.75) is 26.0 Å². The average Bonchev–Trinajstić information content (AvgIpc) is 2.91. The van der Waals surface area contributed by atoms with Crippen LogP contribution in [-0.2, 0) is 16.1 Å². The maximum Gasteiger partial charge on any atom is 0.411 e. The molecule has 0 saturated carbocycles. The number of thiophene rings is 1. The molecule has 8 heteroatoms. The standard InChI is InChI=1S/C17H17BrClNO4S/c1-2-8-20(17(23)24-10-11-6-4-3-5-7-11)14(16(21)22)13-9-12(18)15(19)25-13/h3-7,9,14H,2,8,10H2,1H3,(H,21,22). The molecule has 2 rings (SSSR count). The van der Waals surface area contributed by atoms with E-state index >= 15 is 0 Å². The zero-order valence-electron chi connectivity index (χ0n) is 13.4. The highest BCUT2D eigenvalue weighted by Gasteiger charge is 2.33. The van der Waals surface area contributed by atoms with E-state index in [-0.39, 0.29) is 13.2 Å². The predicted octanol–water partition coefficient (Wildman–Crippen LogP) is 5.34. The normalized spacial score (nSPS) is 11.8. The first-order valence-corrected chi connectivity index (χ1v) is 9.57. The first-order chi connectivity index (χ1) is 11.9. The van der Waals surface area contributed by atoms with Gasteiger partial charge >= 0.3 is 12.1 Å². The first-order valence-electron chi connectivity index (χ1n) is 7.58. The van der Waals surface area contributed by atoms with Crippen molar-refractivity contribution in [3.63, 3.8) is 0 Å². The monoisotopic (exact) mass is 445 g/mol. The van der Waals surface area contributed by atoms with Gasteiger partial charge in [0.05, 0.1) is 0 Å². The molecule has 134 valence electrons. The van der Waals surface area contributed by atoms with Crippen molar-refractivity contribution in [1.82, 2.24) is 4.90 Å². The fraction of sp³-hybridized carbons (Fsp3) is 0.294. The molecule has 2 aromatic rings. The van der Waals surface area contributed by atoms with Crippen LogP contribution in [0.25, 0.3) is 0 Å². The molecule has 5 nitrogen and oxygen atoms in total. The van der Waals surface area contributed by atoms with E-state index < -0.39 is 18.1 Å². The van der Waals surface area contributed by atoms with E-state index in [1.165, 1.54) is 4.90 Å². The Kier molecular flexibility index (Phi) is 7.28. The van der Waals surface area contributed by atoms with Gasteiger partial charge in [0.25, 0.3) is 0 Å². The van der Waals surface area contributed by atoms with Crippen LogP contribution in [-0.4, -0.2) is 28.6 Å². The zero-order valence-corrected chi connectivity index (χ0v) is 16.6. The number of carboxylic acids is 1. The van der Waals surface area contributed by atoms with Crippen molar-refractivity contribution in [3.05, 3.63) is 55.6 Å². The van der Waals surface area contributed by atoms with Gasteiger partial charge in [-0.3, -0.25) is 4.90 Å². The minimum atomic E-state index is -1.14. The quantitative estimate of drug-likeness (QED) is 0.623. The Balaban J connectivity index is 2.20. The number of benzene rings is 1. The SMILES string of the molecule is CCCN(C(=O)OCc1ccccc1)C(C(=O)O)c1cc(Br)c(Cl)s1. The van der Waals surface area contributed by atoms with Crippen molar-refractivity contribution in [2.75, 3.05) is 6.54 Å². The van der Waals surface area contributed by atoms with Gasteiger partial charge in [0.2, 0.25) is 0 Å². The smallest absolute Gasteiger partial charge is 0.411 e. The number of aliphatic carboxylic acids is 1. The zero-order chi connectivity index (χ0) is 18.4. The van der Waals surface area contributed by atoms with Gasteiger partial charge in [0.1, 0.15) is 10.9 Å². The largest absolute Gasteiger partial charge is 0.479 e. The van der Waals surface area contributed by atoms with E-state index in [2.05, 4.69) is 15.9 Å². The fourth-order valence-corrected chi connectivity index (χ4v) is 4.12. The van der Waals surface area contributed by atoms with Crippen LogP contribution in [0.3, 0.4) is 0 Å². The Morgan fingerprint density at radius 2 is 2.04 bits per heavy atom. The van der Waals surface area contributed by atoms with Crippen molar-refractivity contribution in [1.29, 1.82) is 0 Å². The predicted molar refractivity (Wildman–Crippen MR) is 101 cm³/mol. The minimum Gasteiger partial charge on any atom is -0.479 e. The van der Waals surface area contributed by atoms with Crippen molar-refractivity contribution < 1.29 is 19.4 Å². The van der Waals surface area contributed by atoms with E-state index in [9.17, 15) is 14.7 Å². The molecule has 0 radical (unpaired) electrons. The maximum atomic E-state index is 12.5. The highest BCUT2D eigenvalue weighted by Crippen LogP contribution is 2.37. The van der Waals surface area contributed by atoms with E-state index in [1.54, 1.807) is 6.07 Å². The number of rotatable bonds is 7. The summed E-state index contributed by atoms with van der Waals surface area (Å²) in [5.74, 6) is -1.13. The lowest BCUT2D eigenvalue weighted by Crippen LogP contribution is -2.39. The van der Waals surface area contributed by atoms with Gasteiger partial charge < -0.3 is 9.84 Å². The van der Waals surface area contributed by atoms with Crippen LogP contribution in [0, 0.1) is 0 Å². The first kappa shape index (κ1) is 19.8. The fourth-order valence-electron chi connectivity index (χ4n) is 2.28. The van der Waals surface area contributed by atoms with Gasteiger partial charge in [0.15, 0.2) is 6.04 Å². The Hall–Kier alpha value is -1.57. The molecule has 1 aromatic carbocycles. The van der Waals surface area contributed by atoms with Crippen molar-refractivity contribution in [3.8, 4) is 0 Å². The van der Waals surface area contributed by atoms with Crippen molar-refractivity contribution in [2.24, 2.45) is 0 Å². The Morgan fingerprint density at radius 1 is 1.36 bits per heavy atom. The van der Waals surface area contributed by atoms with E-state index in [0.29, 0.717) is 20.1 Å². The number of nitrogens with zero attached hydrogens (tertiary/aromatic N) is 1. The Labute approximate surface area is 163 Å². The number of halogens is 2. The molecule has 0 fully saturated rings. The molecule has 1 aromatic heterocycles. The topological polar surface area (TPSA) is 66.8 Å².